The highest BCUT2D eigenvalue weighted by Gasteiger charge is 2.52. The van der Waals surface area contributed by atoms with Gasteiger partial charge in [0.05, 0.1) is 12.9 Å². The molecule has 0 aliphatic heterocycles. The molecule has 0 aliphatic rings. The number of benzene rings is 1. The summed E-state index contributed by atoms with van der Waals surface area (Å²) >= 11 is 0. The van der Waals surface area contributed by atoms with E-state index in [2.05, 4.69) is 11.6 Å². The number of ether oxygens (including phenoxy) is 1. The number of carbonyl (C=O) groups is 1. The van der Waals surface area contributed by atoms with Crippen molar-refractivity contribution in [3.8, 4) is 5.75 Å². The number of hydrogen-bond acceptors (Lipinski definition) is 7. The van der Waals surface area contributed by atoms with Gasteiger partial charge in [0.2, 0.25) is 0 Å². The molecule has 0 saturated carbocycles. The van der Waals surface area contributed by atoms with Gasteiger partial charge in [-0.2, -0.15) is 13.6 Å². The van der Waals surface area contributed by atoms with E-state index < -0.39 is 44.8 Å². The number of halogens is 1. The number of carbonyl (C=O) groups excluding carboxylic acids is 1. The summed E-state index contributed by atoms with van der Waals surface area (Å²) in [6.07, 6.45) is 2.14. The number of nitrogens with two attached hydrogens (primary N) is 1. The van der Waals surface area contributed by atoms with Gasteiger partial charge in [0.15, 0.2) is 6.54 Å². The summed E-state index contributed by atoms with van der Waals surface area (Å²) in [5.41, 5.74) is 5.92. The molecule has 0 fully saturated rings. The fraction of sp³-hybridized carbons (Fsp3) is 0.222. The van der Waals surface area contributed by atoms with Crippen LogP contribution in [0.1, 0.15) is 12.0 Å². The van der Waals surface area contributed by atoms with Crippen molar-refractivity contribution in [2.75, 3.05) is 7.11 Å². The van der Waals surface area contributed by atoms with Gasteiger partial charge in [-0.1, -0.05) is 12.6 Å². The van der Waals surface area contributed by atoms with E-state index in [9.17, 15) is 22.8 Å². The molecule has 0 radical (unpaired) electrons. The van der Waals surface area contributed by atoms with Crippen molar-refractivity contribution in [2.24, 2.45) is 5.73 Å². The number of rotatable bonds is 8. The molecule has 1 aromatic carbocycles. The van der Waals surface area contributed by atoms with Crippen molar-refractivity contribution in [3.63, 3.8) is 0 Å². The standard InChI is InChI=1S/C18H21FN3O5S/c1-13(19)10-17(20)18(23)22(24,12-14-4-3-9-21-11-14)28(25,26)16-7-5-15(27-2)6-8-16/h3-9,11,17,24H,1,10,12,20H2,2H3/q+1/t17?,22-/m0/s1. The van der Waals surface area contributed by atoms with Crippen molar-refractivity contribution in [3.05, 3.63) is 66.8 Å². The number of methoxy groups -OCH3 is 1. The zero-order valence-corrected chi connectivity index (χ0v) is 16.0. The number of hydroxylamine groups is 2. The summed E-state index contributed by atoms with van der Waals surface area (Å²) in [5, 5.41) is 11.0. The van der Waals surface area contributed by atoms with Crippen LogP contribution in [0.25, 0.3) is 0 Å². The maximum Gasteiger partial charge on any atom is 0.379 e. The van der Waals surface area contributed by atoms with Gasteiger partial charge >= 0.3 is 15.9 Å². The number of quaternary nitrogens is 1. The van der Waals surface area contributed by atoms with Gasteiger partial charge in [-0.25, -0.2) is 9.18 Å². The first kappa shape index (κ1) is 21.6. The largest absolute Gasteiger partial charge is 0.497 e. The molecule has 0 saturated heterocycles. The Morgan fingerprint density at radius 3 is 2.50 bits per heavy atom. The lowest BCUT2D eigenvalue weighted by Gasteiger charge is -2.28. The highest BCUT2D eigenvalue weighted by atomic mass is 32.2. The zero-order chi connectivity index (χ0) is 20.9. The van der Waals surface area contributed by atoms with E-state index in [-0.39, 0.29) is 10.5 Å². The molecule has 8 nitrogen and oxygen atoms in total. The minimum atomic E-state index is -4.68. The molecule has 2 atom stereocenters. The summed E-state index contributed by atoms with van der Waals surface area (Å²) < 4.78 is 42.4. The molecule has 1 aromatic heterocycles. The normalized spacial score (nSPS) is 14.7. The Labute approximate surface area is 162 Å². The molecule has 2 rings (SSSR count). The highest BCUT2D eigenvalue weighted by molar-refractivity contribution is 7.86. The maximum atomic E-state index is 13.2. The minimum absolute atomic E-state index is 0.265. The van der Waals surface area contributed by atoms with Gasteiger partial charge in [0, 0.05) is 24.4 Å². The van der Waals surface area contributed by atoms with Gasteiger partial charge in [0.25, 0.3) is 0 Å². The fourth-order valence-corrected chi connectivity index (χ4v) is 4.05. The maximum absolute atomic E-state index is 13.2. The third-order valence-electron chi connectivity index (χ3n) is 3.98. The van der Waals surface area contributed by atoms with E-state index in [1.807, 2.05) is 0 Å². The van der Waals surface area contributed by atoms with Gasteiger partial charge in [-0.15, -0.1) is 0 Å². The SMILES string of the molecule is C=C(F)CC(N)C(=O)[N@+](O)(Cc1cccnc1)S(=O)(=O)c1ccc(OC)cc1. The lowest BCUT2D eigenvalue weighted by atomic mass is 10.2. The van der Waals surface area contributed by atoms with E-state index in [1.54, 1.807) is 0 Å². The number of aromatic nitrogens is 1. The highest BCUT2D eigenvalue weighted by Crippen LogP contribution is 2.28. The molecular formula is C18H21FN3O5S+. The van der Waals surface area contributed by atoms with E-state index in [0.29, 0.717) is 5.75 Å². The van der Waals surface area contributed by atoms with Crippen LogP contribution >= 0.6 is 0 Å². The molecule has 1 amide bonds. The number of nitrogens with zero attached hydrogens (tertiary/aromatic N) is 2. The van der Waals surface area contributed by atoms with Crippen LogP contribution in [0, 0.1) is 0 Å². The van der Waals surface area contributed by atoms with E-state index in [1.165, 1.54) is 55.9 Å². The third kappa shape index (κ3) is 4.42. The molecule has 1 heterocycles. The average Bonchev–Trinajstić information content (AvgIpc) is 2.67. The quantitative estimate of drug-likeness (QED) is 0.387. The van der Waals surface area contributed by atoms with E-state index in [4.69, 9.17) is 10.5 Å². The Hall–Kier alpha value is -2.66. The van der Waals surface area contributed by atoms with Crippen molar-refractivity contribution < 1.29 is 31.6 Å². The molecule has 10 heteroatoms. The summed E-state index contributed by atoms with van der Waals surface area (Å²) in [6.45, 7) is 2.36. The van der Waals surface area contributed by atoms with Crippen molar-refractivity contribution in [1.82, 2.24) is 4.98 Å². The second-order valence-corrected chi connectivity index (χ2v) is 8.06. The topological polar surface area (TPSA) is 120 Å². The van der Waals surface area contributed by atoms with Crippen LogP contribution in [0.2, 0.25) is 0 Å². The Morgan fingerprint density at radius 1 is 1.36 bits per heavy atom. The summed E-state index contributed by atoms with van der Waals surface area (Å²) in [7, 11) is -3.27. The Balaban J connectivity index is 2.55. The first-order valence-electron chi connectivity index (χ1n) is 8.14. The van der Waals surface area contributed by atoms with Crippen LogP contribution in [0.5, 0.6) is 5.75 Å². The van der Waals surface area contributed by atoms with Crippen molar-refractivity contribution in [2.45, 2.75) is 23.9 Å². The molecule has 150 valence electrons. The van der Waals surface area contributed by atoms with Crippen LogP contribution in [0.3, 0.4) is 0 Å². The van der Waals surface area contributed by atoms with Gasteiger partial charge < -0.3 is 10.5 Å². The molecule has 0 aliphatic carbocycles. The minimum Gasteiger partial charge on any atom is -0.497 e. The predicted molar refractivity (Wildman–Crippen MR) is 98.0 cm³/mol. The predicted octanol–water partition coefficient (Wildman–Crippen LogP) is 1.91. The smallest absolute Gasteiger partial charge is 0.379 e. The Bertz CT molecular complexity index is 951. The molecule has 0 spiro atoms. The summed E-state index contributed by atoms with van der Waals surface area (Å²) in [6, 6.07) is 6.51. The van der Waals surface area contributed by atoms with Crippen LogP contribution in [0.15, 0.2) is 66.1 Å². The molecule has 3 N–H and O–H groups in total. The van der Waals surface area contributed by atoms with Crippen LogP contribution in [0.4, 0.5) is 4.39 Å². The molecule has 2 aromatic rings. The fourth-order valence-electron chi connectivity index (χ4n) is 2.53. The average molecular weight is 410 g/mol. The first-order chi connectivity index (χ1) is 13.1. The van der Waals surface area contributed by atoms with Gasteiger partial charge in [-0.3, -0.25) is 4.98 Å². The summed E-state index contributed by atoms with van der Waals surface area (Å²) in [4.78, 5) is 16.3. The third-order valence-corrected chi connectivity index (χ3v) is 5.95. The first-order valence-corrected chi connectivity index (χ1v) is 9.58. The molecule has 28 heavy (non-hydrogen) atoms. The van der Waals surface area contributed by atoms with Crippen LogP contribution < -0.4 is 10.5 Å². The van der Waals surface area contributed by atoms with Crippen LogP contribution in [-0.4, -0.2) is 41.7 Å². The molecular weight excluding hydrogens is 389 g/mol. The number of sulfonamides is 1. The second-order valence-electron chi connectivity index (χ2n) is 6.04. The van der Waals surface area contributed by atoms with Crippen LogP contribution in [-0.2, 0) is 21.4 Å². The number of amides is 1. The lowest BCUT2D eigenvalue weighted by molar-refractivity contribution is -0.947. The van der Waals surface area contributed by atoms with Gasteiger partial charge in [-0.05, 0) is 34.4 Å². The van der Waals surface area contributed by atoms with Crippen molar-refractivity contribution in [1.29, 1.82) is 0 Å². The van der Waals surface area contributed by atoms with E-state index in [0.717, 1.165) is 0 Å². The number of pyridine rings is 1. The zero-order valence-electron chi connectivity index (χ0n) is 15.2. The lowest BCUT2D eigenvalue weighted by Crippen LogP contribution is -2.59. The monoisotopic (exact) mass is 410 g/mol. The molecule has 0 bridgehead atoms. The Morgan fingerprint density at radius 2 is 2.00 bits per heavy atom. The van der Waals surface area contributed by atoms with Crippen molar-refractivity contribution >= 4 is 15.9 Å². The summed E-state index contributed by atoms with van der Waals surface area (Å²) in [5.74, 6) is -1.81. The number of hydrogen-bond donors (Lipinski definition) is 2. The second kappa shape index (κ2) is 8.57. The molecule has 1 unspecified atom stereocenters. The van der Waals surface area contributed by atoms with Gasteiger partial charge in [0.1, 0.15) is 16.7 Å². The Kier molecular flexibility index (Phi) is 6.62. The van der Waals surface area contributed by atoms with E-state index >= 15 is 0 Å².